The number of ether oxygens (including phenoxy) is 2. The third-order valence-electron chi connectivity index (χ3n) is 5.14. The van der Waals surface area contributed by atoms with E-state index in [9.17, 15) is 28.1 Å². The first-order chi connectivity index (χ1) is 18.8. The quantitative estimate of drug-likeness (QED) is 0.281. The van der Waals surface area contributed by atoms with E-state index in [1.165, 1.54) is 54.6 Å². The topological polar surface area (TPSA) is 154 Å². The standard InChI is InChI=1S/C27H23Cl2N3O7S.Na/c1-15(2)39-27(35)32-40(36,37)21-5-6-23(16(3)8-21)31-25(33)14-38-24-7-4-19(28)12-22(24)26(34)18-9-17(13-30)10-20(29)11-18;/h4-12,15H,14H2,1-3H3,(H2,31,32,33,35);/q;+1/p-1. The molecule has 0 atom stereocenters. The molecule has 0 unspecified atom stereocenters. The third-order valence-corrected chi connectivity index (χ3v) is 6.83. The molecular weight excluding hydrogens is 604 g/mol. The molecule has 3 aromatic rings. The van der Waals surface area contributed by atoms with Gasteiger partial charge < -0.3 is 19.5 Å². The summed E-state index contributed by atoms with van der Waals surface area (Å²) in [6.45, 7) is 4.17. The van der Waals surface area contributed by atoms with Gasteiger partial charge in [-0.3, -0.25) is 14.4 Å². The maximum Gasteiger partial charge on any atom is 1.00 e. The Labute approximate surface area is 269 Å². The fourth-order valence-corrected chi connectivity index (χ4v) is 4.70. The van der Waals surface area contributed by atoms with Crippen molar-refractivity contribution in [3.63, 3.8) is 0 Å². The molecule has 14 heteroatoms. The van der Waals surface area contributed by atoms with Gasteiger partial charge in [-0.05, 0) is 80.9 Å². The van der Waals surface area contributed by atoms with E-state index in [1.54, 1.807) is 20.8 Å². The molecular formula is C27H22Cl2N3NaO7S. The van der Waals surface area contributed by atoms with E-state index in [2.05, 4.69) is 10.0 Å². The number of rotatable bonds is 9. The van der Waals surface area contributed by atoms with Gasteiger partial charge in [0.05, 0.1) is 28.2 Å². The van der Waals surface area contributed by atoms with Gasteiger partial charge in [-0.15, -0.1) is 0 Å². The van der Waals surface area contributed by atoms with Gasteiger partial charge in [0.2, 0.25) is 6.09 Å². The molecule has 208 valence electrons. The summed E-state index contributed by atoms with van der Waals surface area (Å²) >= 11 is 12.1. The van der Waals surface area contributed by atoms with E-state index in [-0.39, 0.29) is 72.6 Å². The number of carbonyl (C=O) groups excluding carboxylic acids is 3. The first-order valence-corrected chi connectivity index (χ1v) is 13.8. The van der Waals surface area contributed by atoms with Gasteiger partial charge in [-0.25, -0.2) is 8.42 Å². The number of nitrogens with one attached hydrogen (secondary N) is 1. The summed E-state index contributed by atoms with van der Waals surface area (Å²) in [5.41, 5.74) is 1.04. The number of hydrogen-bond acceptors (Lipinski definition) is 8. The maximum atomic E-state index is 13.2. The molecule has 0 saturated carbocycles. The molecule has 41 heavy (non-hydrogen) atoms. The zero-order valence-corrected chi connectivity index (χ0v) is 26.7. The van der Waals surface area contributed by atoms with Crippen LogP contribution in [0.15, 0.2) is 59.5 Å². The molecule has 2 amide bonds. The molecule has 0 aliphatic rings. The summed E-state index contributed by atoms with van der Waals surface area (Å²) in [6.07, 6.45) is -1.77. The summed E-state index contributed by atoms with van der Waals surface area (Å²) < 4.78 is 38.3. The predicted octanol–water partition coefficient (Wildman–Crippen LogP) is 3.03. The van der Waals surface area contributed by atoms with Gasteiger partial charge in [0.15, 0.2) is 12.4 Å². The molecule has 0 heterocycles. The molecule has 3 rings (SSSR count). The Kier molecular flexibility index (Phi) is 12.2. The van der Waals surface area contributed by atoms with Crippen molar-refractivity contribution in [2.45, 2.75) is 31.8 Å². The number of aryl methyl sites for hydroxylation is 1. The molecule has 0 bridgehead atoms. The van der Waals surface area contributed by atoms with Crippen LogP contribution >= 0.6 is 23.2 Å². The number of carbonyl (C=O) groups is 3. The van der Waals surface area contributed by atoms with Crippen LogP contribution in [0.5, 0.6) is 5.75 Å². The number of sulfonamides is 1. The van der Waals surface area contributed by atoms with Crippen molar-refractivity contribution < 1.29 is 61.8 Å². The summed E-state index contributed by atoms with van der Waals surface area (Å²) in [5.74, 6) is -1.06. The average Bonchev–Trinajstić information content (AvgIpc) is 2.87. The third kappa shape index (κ3) is 9.46. The van der Waals surface area contributed by atoms with Crippen molar-refractivity contribution in [3.8, 4) is 11.8 Å². The zero-order valence-electron chi connectivity index (χ0n) is 22.4. The number of amides is 2. The molecule has 0 aromatic heterocycles. The van der Waals surface area contributed by atoms with Crippen molar-refractivity contribution >= 4 is 56.7 Å². The number of halogens is 2. The zero-order chi connectivity index (χ0) is 29.6. The Balaban J connectivity index is 0.00000588. The average molecular weight is 626 g/mol. The minimum atomic E-state index is -4.32. The van der Waals surface area contributed by atoms with Crippen molar-refractivity contribution in [1.29, 1.82) is 5.26 Å². The fourth-order valence-electron chi connectivity index (χ4n) is 3.39. The van der Waals surface area contributed by atoms with Crippen molar-refractivity contribution in [2.24, 2.45) is 0 Å². The molecule has 0 saturated heterocycles. The molecule has 0 aliphatic carbocycles. The number of hydrogen-bond donors (Lipinski definition) is 1. The van der Waals surface area contributed by atoms with Crippen molar-refractivity contribution in [3.05, 3.63) is 91.6 Å². The molecule has 0 fully saturated rings. The number of ketones is 1. The van der Waals surface area contributed by atoms with Crippen LogP contribution in [0.3, 0.4) is 0 Å². The van der Waals surface area contributed by atoms with E-state index in [4.69, 9.17) is 32.7 Å². The predicted molar refractivity (Wildman–Crippen MR) is 149 cm³/mol. The normalized spacial score (nSPS) is 10.7. The minimum Gasteiger partial charge on any atom is -0.506 e. The summed E-state index contributed by atoms with van der Waals surface area (Å²) in [7, 11) is -4.32. The Morgan fingerprint density at radius 1 is 1.02 bits per heavy atom. The molecule has 10 nitrogen and oxygen atoms in total. The molecule has 0 radical (unpaired) electrons. The molecule has 1 N–H and O–H groups in total. The maximum absolute atomic E-state index is 13.2. The van der Waals surface area contributed by atoms with Gasteiger partial charge >= 0.3 is 29.6 Å². The van der Waals surface area contributed by atoms with Gasteiger partial charge in [0, 0.05) is 21.3 Å². The van der Waals surface area contributed by atoms with Gasteiger partial charge in [0.1, 0.15) is 15.8 Å². The Hall–Kier alpha value is -3.11. The monoisotopic (exact) mass is 625 g/mol. The van der Waals surface area contributed by atoms with Crippen LogP contribution in [0.25, 0.3) is 4.72 Å². The van der Waals surface area contributed by atoms with Crippen LogP contribution in [0, 0.1) is 18.3 Å². The number of anilines is 1. The van der Waals surface area contributed by atoms with Crippen LogP contribution in [0.4, 0.5) is 10.5 Å². The van der Waals surface area contributed by atoms with Gasteiger partial charge in [0.25, 0.3) is 5.91 Å². The number of nitriles is 1. The Morgan fingerprint density at radius 2 is 1.73 bits per heavy atom. The summed E-state index contributed by atoms with van der Waals surface area (Å²) in [5, 5.41) is 12.2. The van der Waals surface area contributed by atoms with E-state index in [0.717, 1.165) is 0 Å². The number of benzene rings is 3. The van der Waals surface area contributed by atoms with E-state index < -0.39 is 40.5 Å². The summed E-state index contributed by atoms with van der Waals surface area (Å²) in [6, 6.07) is 14.2. The second kappa shape index (κ2) is 14.7. The van der Waals surface area contributed by atoms with Gasteiger partial charge in [-0.2, -0.15) is 5.26 Å². The van der Waals surface area contributed by atoms with Crippen LogP contribution in [0.2, 0.25) is 10.0 Å². The largest absolute Gasteiger partial charge is 1.00 e. The molecule has 3 aromatic carbocycles. The number of nitrogens with zero attached hydrogens (tertiary/aromatic N) is 2. The van der Waals surface area contributed by atoms with Crippen molar-refractivity contribution in [1.82, 2.24) is 0 Å². The first-order valence-electron chi connectivity index (χ1n) is 11.6. The SMILES string of the molecule is Cc1cc(S(=O)(=O)[N-]C(=O)OC(C)C)ccc1NC(=O)COc1ccc(Cl)cc1C(=O)c1cc(Cl)cc(C#N)c1.[Na+]. The smallest absolute Gasteiger partial charge is 0.506 e. The van der Waals surface area contributed by atoms with E-state index in [0.29, 0.717) is 5.56 Å². The van der Waals surface area contributed by atoms with Crippen molar-refractivity contribution in [2.75, 3.05) is 11.9 Å². The van der Waals surface area contributed by atoms with Crippen LogP contribution in [-0.4, -0.2) is 38.9 Å². The van der Waals surface area contributed by atoms with Crippen LogP contribution in [0.1, 0.15) is 40.9 Å². The van der Waals surface area contributed by atoms with Crippen LogP contribution < -0.4 is 39.6 Å². The second-order valence-electron chi connectivity index (χ2n) is 8.62. The Morgan fingerprint density at radius 3 is 2.37 bits per heavy atom. The van der Waals surface area contributed by atoms with Crippen LogP contribution in [-0.2, 0) is 19.6 Å². The minimum absolute atomic E-state index is 0. The molecule has 0 aliphatic heterocycles. The summed E-state index contributed by atoms with van der Waals surface area (Å²) in [4.78, 5) is 37.2. The fraction of sp³-hybridized carbons (Fsp3) is 0.185. The second-order valence-corrected chi connectivity index (χ2v) is 11.1. The first kappa shape index (κ1) is 34.1. The van der Waals surface area contributed by atoms with Gasteiger partial charge in [-0.1, -0.05) is 23.2 Å². The molecule has 0 spiro atoms. The van der Waals surface area contributed by atoms with E-state index in [1.807, 2.05) is 6.07 Å². The van der Waals surface area contributed by atoms with E-state index >= 15 is 0 Å². The Bertz CT molecular complexity index is 1640.